The number of ether oxygens (including phenoxy) is 1. The highest BCUT2D eigenvalue weighted by atomic mass is 35.5. The maximum absolute atomic E-state index is 14.1. The lowest BCUT2D eigenvalue weighted by Crippen LogP contribution is -2.40. The number of carbonyl (C=O) groups excluding carboxylic acids is 1. The van der Waals surface area contributed by atoms with Crippen LogP contribution in [0, 0.1) is 5.82 Å². The number of hydrogen-bond acceptors (Lipinski definition) is 3. The van der Waals surface area contributed by atoms with E-state index in [0.717, 1.165) is 12.1 Å². The smallest absolute Gasteiger partial charge is 0.419 e. The summed E-state index contributed by atoms with van der Waals surface area (Å²) < 4.78 is 58.2. The molecule has 0 unspecified atom stereocenters. The van der Waals surface area contributed by atoms with Crippen molar-refractivity contribution in [2.75, 3.05) is 6.61 Å². The Morgan fingerprint density at radius 3 is 2.52 bits per heavy atom. The lowest BCUT2D eigenvalue weighted by molar-refractivity contribution is -0.140. The maximum Gasteiger partial charge on any atom is 0.419 e. The summed E-state index contributed by atoms with van der Waals surface area (Å²) in [4.78, 5) is 12.3. The van der Waals surface area contributed by atoms with Crippen LogP contribution in [-0.4, -0.2) is 23.7 Å². The molecule has 0 aliphatic heterocycles. The predicted octanol–water partition coefficient (Wildman–Crippen LogP) is 4.12. The van der Waals surface area contributed by atoms with Gasteiger partial charge in [-0.15, -0.1) is 0 Å². The Morgan fingerprint density at radius 2 is 1.89 bits per heavy atom. The number of halogens is 5. The minimum atomic E-state index is -4.65. The number of alkyl halides is 3. The van der Waals surface area contributed by atoms with E-state index in [1.807, 2.05) is 0 Å². The topological polar surface area (TPSA) is 58.6 Å². The van der Waals surface area contributed by atoms with Crippen molar-refractivity contribution in [1.82, 2.24) is 5.32 Å². The first-order valence-corrected chi connectivity index (χ1v) is 8.21. The van der Waals surface area contributed by atoms with Gasteiger partial charge in [0.25, 0.3) is 5.91 Å². The van der Waals surface area contributed by atoms with E-state index in [0.29, 0.717) is 0 Å². The second kappa shape index (κ2) is 8.58. The van der Waals surface area contributed by atoms with Gasteiger partial charge in [0.1, 0.15) is 11.6 Å². The van der Waals surface area contributed by atoms with Crippen molar-refractivity contribution < 1.29 is 32.2 Å². The number of aliphatic hydroxyl groups excluding tert-OH is 1. The van der Waals surface area contributed by atoms with Crippen LogP contribution in [0.4, 0.5) is 17.6 Å². The predicted molar refractivity (Wildman–Crippen MR) is 90.9 cm³/mol. The first kappa shape index (κ1) is 21.0. The Balaban J connectivity index is 2.15. The molecule has 0 heterocycles. The number of carbonyl (C=O) groups is 1. The highest BCUT2D eigenvalue weighted by Crippen LogP contribution is 2.36. The summed E-state index contributed by atoms with van der Waals surface area (Å²) in [6.45, 7) is 0.597. The number of rotatable bonds is 6. The first-order chi connectivity index (χ1) is 12.6. The van der Waals surface area contributed by atoms with Gasteiger partial charge < -0.3 is 15.2 Å². The van der Waals surface area contributed by atoms with Gasteiger partial charge in [-0.05, 0) is 25.1 Å². The summed E-state index contributed by atoms with van der Waals surface area (Å²) in [7, 11) is 0. The molecular weight excluding hydrogens is 390 g/mol. The van der Waals surface area contributed by atoms with E-state index in [-0.39, 0.29) is 10.6 Å². The Morgan fingerprint density at radius 1 is 1.22 bits per heavy atom. The minimum Gasteiger partial charge on any atom is -0.480 e. The molecule has 27 heavy (non-hydrogen) atoms. The molecule has 0 spiro atoms. The number of hydrogen-bond donors (Lipinski definition) is 2. The molecule has 4 nitrogen and oxygen atoms in total. The van der Waals surface area contributed by atoms with Crippen molar-refractivity contribution in [2.45, 2.75) is 25.2 Å². The van der Waals surface area contributed by atoms with Gasteiger partial charge in [0.15, 0.2) is 6.10 Å². The fourth-order valence-electron chi connectivity index (χ4n) is 2.35. The van der Waals surface area contributed by atoms with Gasteiger partial charge in [0, 0.05) is 5.56 Å². The zero-order chi connectivity index (χ0) is 20.2. The van der Waals surface area contributed by atoms with E-state index in [4.69, 9.17) is 16.3 Å². The van der Waals surface area contributed by atoms with E-state index in [1.54, 1.807) is 0 Å². The fourth-order valence-corrected chi connectivity index (χ4v) is 2.53. The molecule has 2 rings (SSSR count). The molecule has 0 saturated heterocycles. The zero-order valence-corrected chi connectivity index (χ0v) is 14.8. The summed E-state index contributed by atoms with van der Waals surface area (Å²) in [5.74, 6) is -2.15. The molecule has 146 valence electrons. The van der Waals surface area contributed by atoms with Crippen LogP contribution in [0.3, 0.4) is 0 Å². The molecule has 0 bridgehead atoms. The van der Waals surface area contributed by atoms with Crippen LogP contribution in [0.1, 0.15) is 24.1 Å². The van der Waals surface area contributed by atoms with Crippen molar-refractivity contribution in [3.8, 4) is 5.75 Å². The third-order valence-corrected chi connectivity index (χ3v) is 4.01. The second-order valence-electron chi connectivity index (χ2n) is 5.64. The Bertz CT molecular complexity index is 813. The molecular formula is C18H16ClF4NO3. The van der Waals surface area contributed by atoms with Gasteiger partial charge in [0.05, 0.1) is 23.2 Å². The van der Waals surface area contributed by atoms with Crippen molar-refractivity contribution in [2.24, 2.45) is 0 Å². The van der Waals surface area contributed by atoms with E-state index in [2.05, 4.69) is 5.32 Å². The molecule has 0 saturated carbocycles. The molecule has 2 aromatic rings. The highest BCUT2D eigenvalue weighted by Gasteiger charge is 2.35. The molecule has 2 atom stereocenters. The van der Waals surface area contributed by atoms with Gasteiger partial charge in [-0.2, -0.15) is 13.2 Å². The van der Waals surface area contributed by atoms with Crippen LogP contribution in [0.2, 0.25) is 5.02 Å². The summed E-state index contributed by atoms with van der Waals surface area (Å²) in [5, 5.41) is 11.6. The number of benzene rings is 2. The van der Waals surface area contributed by atoms with Crippen LogP contribution >= 0.6 is 11.6 Å². The van der Waals surface area contributed by atoms with E-state index < -0.39 is 48.0 Å². The summed E-state index contributed by atoms with van der Waals surface area (Å²) in [5.41, 5.74) is -1.08. The summed E-state index contributed by atoms with van der Waals surface area (Å²) in [6.07, 6.45) is -5.98. The third-order valence-electron chi connectivity index (χ3n) is 3.72. The summed E-state index contributed by atoms with van der Waals surface area (Å²) in [6, 6.07) is 7.39. The van der Waals surface area contributed by atoms with Crippen LogP contribution in [-0.2, 0) is 11.0 Å². The number of aliphatic hydroxyl groups is 1. The molecule has 1 amide bonds. The fraction of sp³-hybridized carbons (Fsp3) is 0.278. The monoisotopic (exact) mass is 405 g/mol. The Kier molecular flexibility index (Phi) is 6.67. The summed E-state index contributed by atoms with van der Waals surface area (Å²) >= 11 is 5.68. The van der Waals surface area contributed by atoms with Gasteiger partial charge in [-0.25, -0.2) is 4.39 Å². The molecule has 2 N–H and O–H groups in total. The standard InChI is InChI=1S/C18H16ClF4NO3/c1-10(27-15-8-3-2-6-12(15)18(21,22)23)17(26)24-14(9-25)11-5-4-7-13(19)16(11)20/h2-8,10,14,25H,9H2,1H3,(H,24,26)/t10-,14+/m0/s1. The van der Waals surface area contributed by atoms with Crippen molar-refractivity contribution >= 4 is 17.5 Å². The van der Waals surface area contributed by atoms with E-state index in [1.165, 1.54) is 37.3 Å². The van der Waals surface area contributed by atoms with Gasteiger partial charge >= 0.3 is 6.18 Å². The Labute approximate surface area is 157 Å². The maximum atomic E-state index is 14.1. The van der Waals surface area contributed by atoms with Crippen molar-refractivity contribution in [3.05, 3.63) is 64.4 Å². The van der Waals surface area contributed by atoms with Crippen LogP contribution in [0.25, 0.3) is 0 Å². The molecule has 0 radical (unpaired) electrons. The molecule has 0 aliphatic rings. The first-order valence-electron chi connectivity index (χ1n) is 7.83. The second-order valence-corrected chi connectivity index (χ2v) is 6.05. The SMILES string of the molecule is C[C@H](Oc1ccccc1C(F)(F)F)C(=O)N[C@H](CO)c1cccc(Cl)c1F. The normalized spacial score (nSPS) is 13.7. The minimum absolute atomic E-state index is 0.0544. The molecule has 2 aromatic carbocycles. The van der Waals surface area contributed by atoms with Gasteiger partial charge in [0.2, 0.25) is 0 Å². The van der Waals surface area contributed by atoms with Crippen LogP contribution in [0.15, 0.2) is 42.5 Å². The van der Waals surface area contributed by atoms with Crippen LogP contribution < -0.4 is 10.1 Å². The number of nitrogens with one attached hydrogen (secondary N) is 1. The molecule has 0 fully saturated rings. The van der Waals surface area contributed by atoms with E-state index >= 15 is 0 Å². The number of amides is 1. The highest BCUT2D eigenvalue weighted by molar-refractivity contribution is 6.30. The molecule has 0 aliphatic carbocycles. The largest absolute Gasteiger partial charge is 0.480 e. The van der Waals surface area contributed by atoms with E-state index in [9.17, 15) is 27.5 Å². The molecule has 9 heteroatoms. The van der Waals surface area contributed by atoms with Crippen LogP contribution in [0.5, 0.6) is 5.75 Å². The van der Waals surface area contributed by atoms with Gasteiger partial charge in [-0.3, -0.25) is 4.79 Å². The zero-order valence-electron chi connectivity index (χ0n) is 14.1. The van der Waals surface area contributed by atoms with Crippen molar-refractivity contribution in [1.29, 1.82) is 0 Å². The van der Waals surface area contributed by atoms with Crippen molar-refractivity contribution in [3.63, 3.8) is 0 Å². The number of para-hydroxylation sites is 1. The molecule has 0 aromatic heterocycles. The average Bonchev–Trinajstić information content (AvgIpc) is 2.61. The van der Waals surface area contributed by atoms with Gasteiger partial charge in [-0.1, -0.05) is 35.9 Å². The Hall–Kier alpha value is -2.32. The third kappa shape index (κ3) is 5.11. The lowest BCUT2D eigenvalue weighted by Gasteiger charge is -2.22. The lowest BCUT2D eigenvalue weighted by atomic mass is 10.1. The quantitative estimate of drug-likeness (QED) is 0.711. The average molecular weight is 406 g/mol.